The molecule has 0 fully saturated rings. The van der Waals surface area contributed by atoms with Crippen molar-refractivity contribution in [3.05, 3.63) is 35.4 Å². The van der Waals surface area contributed by atoms with Crippen molar-refractivity contribution in [1.29, 1.82) is 0 Å². The number of carbonyl (C=O) groups excluding carboxylic acids is 1. The van der Waals surface area contributed by atoms with Crippen molar-refractivity contribution >= 4 is 18.3 Å². The Bertz CT molecular complexity index is 507. The third-order valence-electron chi connectivity index (χ3n) is 3.21. The third-order valence-corrected chi connectivity index (χ3v) is 3.21. The summed E-state index contributed by atoms with van der Waals surface area (Å²) in [7, 11) is 1.58. The molecule has 1 aromatic rings. The standard InChI is InChI=1S/C16H24F2N2O2.ClH/c1-16(2,3)15(12-6-5-11(17)9-13(12)18)20-14(21)10-19-7-8-22-4;/h5-6,9,15,19H,7-8,10H2,1-4H3,(H,20,21);1H. The first-order valence-corrected chi connectivity index (χ1v) is 7.19. The molecule has 1 rings (SSSR count). The smallest absolute Gasteiger partial charge is 0.234 e. The predicted molar refractivity (Wildman–Crippen MR) is 88.7 cm³/mol. The number of amides is 1. The normalized spacial score (nSPS) is 12.4. The Kier molecular flexibility index (Phi) is 9.27. The molecule has 0 saturated heterocycles. The fraction of sp³-hybridized carbons (Fsp3) is 0.562. The monoisotopic (exact) mass is 350 g/mol. The summed E-state index contributed by atoms with van der Waals surface area (Å²) in [5, 5.41) is 5.73. The quantitative estimate of drug-likeness (QED) is 0.743. The molecule has 4 nitrogen and oxygen atoms in total. The van der Waals surface area contributed by atoms with E-state index in [1.165, 1.54) is 12.1 Å². The van der Waals surface area contributed by atoms with Gasteiger partial charge in [0.1, 0.15) is 11.6 Å². The Labute approximate surface area is 142 Å². The van der Waals surface area contributed by atoms with Gasteiger partial charge in [-0.05, 0) is 11.5 Å². The lowest BCUT2D eigenvalue weighted by atomic mass is 9.82. The first-order chi connectivity index (χ1) is 10.3. The van der Waals surface area contributed by atoms with Gasteiger partial charge in [-0.3, -0.25) is 4.79 Å². The number of nitrogens with one attached hydrogen (secondary N) is 2. The molecular weight excluding hydrogens is 326 g/mol. The Hall–Kier alpha value is -1.24. The van der Waals surface area contributed by atoms with Crippen LogP contribution >= 0.6 is 12.4 Å². The molecule has 132 valence electrons. The number of ether oxygens (including phenoxy) is 1. The molecule has 0 aliphatic heterocycles. The van der Waals surface area contributed by atoms with Crippen LogP contribution in [-0.4, -0.2) is 32.7 Å². The van der Waals surface area contributed by atoms with E-state index in [0.29, 0.717) is 13.2 Å². The van der Waals surface area contributed by atoms with Gasteiger partial charge in [0.05, 0.1) is 19.2 Å². The zero-order valence-corrected chi connectivity index (χ0v) is 14.7. The van der Waals surface area contributed by atoms with E-state index in [1.807, 2.05) is 20.8 Å². The van der Waals surface area contributed by atoms with Gasteiger partial charge in [-0.25, -0.2) is 8.78 Å². The highest BCUT2D eigenvalue weighted by atomic mass is 35.5. The molecule has 0 aliphatic rings. The topological polar surface area (TPSA) is 50.4 Å². The maximum Gasteiger partial charge on any atom is 0.234 e. The van der Waals surface area contributed by atoms with Crippen LogP contribution in [0.15, 0.2) is 18.2 Å². The van der Waals surface area contributed by atoms with E-state index in [4.69, 9.17) is 4.74 Å². The second-order valence-corrected chi connectivity index (χ2v) is 6.20. The summed E-state index contributed by atoms with van der Waals surface area (Å²) in [5.41, 5.74) is -0.139. The lowest BCUT2D eigenvalue weighted by Gasteiger charge is -2.32. The summed E-state index contributed by atoms with van der Waals surface area (Å²) in [4.78, 5) is 12.0. The minimum Gasteiger partial charge on any atom is -0.383 e. The van der Waals surface area contributed by atoms with Crippen LogP contribution in [0.2, 0.25) is 0 Å². The van der Waals surface area contributed by atoms with Crippen LogP contribution < -0.4 is 10.6 Å². The van der Waals surface area contributed by atoms with Crippen LogP contribution in [0.25, 0.3) is 0 Å². The molecule has 2 N–H and O–H groups in total. The minimum absolute atomic E-state index is 0. The Morgan fingerprint density at radius 3 is 2.48 bits per heavy atom. The van der Waals surface area contributed by atoms with Gasteiger partial charge >= 0.3 is 0 Å². The van der Waals surface area contributed by atoms with Crippen molar-refractivity contribution in [1.82, 2.24) is 10.6 Å². The molecule has 1 amide bonds. The first-order valence-electron chi connectivity index (χ1n) is 7.19. The van der Waals surface area contributed by atoms with Gasteiger partial charge in [-0.2, -0.15) is 0 Å². The summed E-state index contributed by atoms with van der Waals surface area (Å²) >= 11 is 0. The number of benzene rings is 1. The molecule has 0 aromatic heterocycles. The zero-order chi connectivity index (χ0) is 16.8. The van der Waals surface area contributed by atoms with Crippen molar-refractivity contribution in [3.8, 4) is 0 Å². The van der Waals surface area contributed by atoms with Crippen LogP contribution in [0.3, 0.4) is 0 Å². The van der Waals surface area contributed by atoms with Gasteiger partial charge in [0, 0.05) is 25.3 Å². The number of rotatable bonds is 7. The molecule has 7 heteroatoms. The summed E-state index contributed by atoms with van der Waals surface area (Å²) in [6.45, 7) is 6.83. The fourth-order valence-electron chi connectivity index (χ4n) is 2.08. The average Bonchev–Trinajstić information content (AvgIpc) is 2.41. The van der Waals surface area contributed by atoms with Crippen molar-refractivity contribution in [2.45, 2.75) is 26.8 Å². The number of methoxy groups -OCH3 is 1. The van der Waals surface area contributed by atoms with Gasteiger partial charge in [0.2, 0.25) is 5.91 Å². The molecule has 1 unspecified atom stereocenters. The summed E-state index contributed by atoms with van der Waals surface area (Å²) < 4.78 is 31.9. The van der Waals surface area contributed by atoms with Gasteiger partial charge in [-0.15, -0.1) is 12.4 Å². The second kappa shape index (κ2) is 9.80. The average molecular weight is 351 g/mol. The van der Waals surface area contributed by atoms with E-state index in [2.05, 4.69) is 10.6 Å². The van der Waals surface area contributed by atoms with E-state index in [0.717, 1.165) is 6.07 Å². The summed E-state index contributed by atoms with van der Waals surface area (Å²) in [6, 6.07) is 2.85. The Balaban J connectivity index is 0.00000484. The third kappa shape index (κ3) is 7.24. The highest BCUT2D eigenvalue weighted by molar-refractivity contribution is 5.85. The van der Waals surface area contributed by atoms with Crippen LogP contribution in [0.5, 0.6) is 0 Å². The number of hydrogen-bond acceptors (Lipinski definition) is 3. The number of halogens is 3. The molecule has 0 saturated carbocycles. The molecular formula is C16H25ClF2N2O2. The number of hydrogen-bond donors (Lipinski definition) is 2. The molecule has 1 aromatic carbocycles. The predicted octanol–water partition coefficient (Wildman–Crippen LogP) is 2.83. The van der Waals surface area contributed by atoms with Crippen LogP contribution in [0.4, 0.5) is 8.78 Å². The van der Waals surface area contributed by atoms with Crippen molar-refractivity contribution in [2.24, 2.45) is 5.41 Å². The van der Waals surface area contributed by atoms with Gasteiger partial charge in [0.25, 0.3) is 0 Å². The molecule has 0 aliphatic carbocycles. The van der Waals surface area contributed by atoms with Crippen LogP contribution in [0, 0.1) is 17.0 Å². The lowest BCUT2D eigenvalue weighted by molar-refractivity contribution is -0.121. The SMILES string of the molecule is COCCNCC(=O)NC(c1ccc(F)cc1F)C(C)(C)C.Cl. The fourth-order valence-corrected chi connectivity index (χ4v) is 2.08. The molecule has 1 atom stereocenters. The number of carbonyl (C=O) groups is 1. The lowest BCUT2D eigenvalue weighted by Crippen LogP contribution is -2.42. The van der Waals surface area contributed by atoms with E-state index in [9.17, 15) is 13.6 Å². The van der Waals surface area contributed by atoms with E-state index < -0.39 is 23.1 Å². The van der Waals surface area contributed by atoms with Crippen LogP contribution in [0.1, 0.15) is 32.4 Å². The van der Waals surface area contributed by atoms with Gasteiger partial charge < -0.3 is 15.4 Å². The highest BCUT2D eigenvalue weighted by Crippen LogP contribution is 2.34. The van der Waals surface area contributed by atoms with E-state index >= 15 is 0 Å². The Morgan fingerprint density at radius 2 is 1.96 bits per heavy atom. The van der Waals surface area contributed by atoms with Crippen LogP contribution in [-0.2, 0) is 9.53 Å². The van der Waals surface area contributed by atoms with E-state index in [-0.39, 0.29) is 30.4 Å². The molecule has 0 spiro atoms. The maximum absolute atomic E-state index is 14.0. The molecule has 23 heavy (non-hydrogen) atoms. The minimum atomic E-state index is -0.660. The maximum atomic E-state index is 14.0. The molecule has 0 heterocycles. The zero-order valence-electron chi connectivity index (χ0n) is 13.9. The van der Waals surface area contributed by atoms with Gasteiger partial charge in [0.15, 0.2) is 0 Å². The Morgan fingerprint density at radius 1 is 1.30 bits per heavy atom. The molecule has 0 radical (unpaired) electrons. The van der Waals surface area contributed by atoms with Crippen molar-refractivity contribution in [2.75, 3.05) is 26.8 Å². The van der Waals surface area contributed by atoms with Crippen molar-refractivity contribution in [3.63, 3.8) is 0 Å². The van der Waals surface area contributed by atoms with Gasteiger partial charge in [-0.1, -0.05) is 26.8 Å². The van der Waals surface area contributed by atoms with Crippen molar-refractivity contribution < 1.29 is 18.3 Å². The second-order valence-electron chi connectivity index (χ2n) is 6.20. The summed E-state index contributed by atoms with van der Waals surface area (Å²) in [6.07, 6.45) is 0. The summed E-state index contributed by atoms with van der Waals surface area (Å²) in [5.74, 6) is -1.55. The molecule has 0 bridgehead atoms. The highest BCUT2D eigenvalue weighted by Gasteiger charge is 2.30. The largest absolute Gasteiger partial charge is 0.383 e. The van der Waals surface area contributed by atoms with E-state index in [1.54, 1.807) is 7.11 Å². The first kappa shape index (κ1) is 21.8.